The molecule has 0 saturated heterocycles. The maximum absolute atomic E-state index is 11.2. The topological polar surface area (TPSA) is 43.4 Å². The quantitative estimate of drug-likeness (QED) is 0.384. The molecule has 0 aromatic heterocycles. The third-order valence-electron chi connectivity index (χ3n) is 2.43. The van der Waals surface area contributed by atoms with E-state index < -0.39 is 5.97 Å². The largest absolute Gasteiger partial charge is 0.469 e. The number of allylic oxidation sites excluding steroid dienone is 2. The van der Waals surface area contributed by atoms with Gasteiger partial charge in [-0.15, -0.1) is 0 Å². The van der Waals surface area contributed by atoms with E-state index in [1.165, 1.54) is 19.1 Å². The van der Waals surface area contributed by atoms with E-state index in [2.05, 4.69) is 10.8 Å². The summed E-state index contributed by atoms with van der Waals surface area (Å²) in [6.07, 6.45) is 6.87. The van der Waals surface area contributed by atoms with E-state index in [0.29, 0.717) is 6.42 Å². The van der Waals surface area contributed by atoms with Crippen molar-refractivity contribution in [1.82, 2.24) is 0 Å². The molecule has 1 aliphatic carbocycles. The zero-order valence-electron chi connectivity index (χ0n) is 8.54. The highest BCUT2D eigenvalue weighted by atomic mass is 16.5. The molecule has 3 heteroatoms. The first-order valence-corrected chi connectivity index (χ1v) is 4.99. The molecule has 0 atom stereocenters. The van der Waals surface area contributed by atoms with Crippen LogP contribution < -0.4 is 0 Å². The Labute approximate surface area is 84.1 Å². The lowest BCUT2D eigenvalue weighted by atomic mass is 10.1. The van der Waals surface area contributed by atoms with Gasteiger partial charge in [-0.2, -0.15) is 0 Å². The number of rotatable bonds is 5. The predicted molar refractivity (Wildman–Crippen MR) is 52.8 cm³/mol. The van der Waals surface area contributed by atoms with Crippen molar-refractivity contribution in [2.75, 3.05) is 7.11 Å². The van der Waals surface area contributed by atoms with Gasteiger partial charge in [0, 0.05) is 6.42 Å². The molecule has 0 aromatic rings. The Morgan fingerprint density at radius 2 is 2.29 bits per heavy atom. The second kappa shape index (κ2) is 5.58. The Balaban J connectivity index is 2.17. The summed E-state index contributed by atoms with van der Waals surface area (Å²) in [6, 6.07) is 0. The van der Waals surface area contributed by atoms with Crippen molar-refractivity contribution in [2.24, 2.45) is 0 Å². The summed E-state index contributed by atoms with van der Waals surface area (Å²) < 4.78 is 4.42. The van der Waals surface area contributed by atoms with Crippen LogP contribution in [0, 0.1) is 0 Å². The first kappa shape index (κ1) is 11.0. The minimum Gasteiger partial charge on any atom is -0.469 e. The molecule has 1 rings (SSSR count). The van der Waals surface area contributed by atoms with Crippen LogP contribution in [0.25, 0.3) is 0 Å². The average Bonchev–Trinajstić information content (AvgIpc) is 2.67. The minimum absolute atomic E-state index is 0.0235. The number of ketones is 1. The molecule has 1 aliphatic rings. The van der Waals surface area contributed by atoms with Gasteiger partial charge in [0.1, 0.15) is 12.2 Å². The molecular weight excluding hydrogens is 180 g/mol. The summed E-state index contributed by atoms with van der Waals surface area (Å²) in [5.74, 6) is -0.458. The van der Waals surface area contributed by atoms with E-state index in [1.54, 1.807) is 0 Å². The predicted octanol–water partition coefficient (Wildman–Crippen LogP) is 2.01. The van der Waals surface area contributed by atoms with Gasteiger partial charge in [-0.25, -0.2) is 0 Å². The molecule has 0 amide bonds. The van der Waals surface area contributed by atoms with Crippen molar-refractivity contribution in [3.05, 3.63) is 11.6 Å². The lowest BCUT2D eigenvalue weighted by molar-refractivity contribution is -0.143. The highest BCUT2D eigenvalue weighted by Gasteiger charge is 2.11. The molecule has 0 unspecified atom stereocenters. The molecule has 78 valence electrons. The molecule has 0 heterocycles. The Bertz CT molecular complexity index is 253. The maximum atomic E-state index is 11.2. The molecule has 0 saturated carbocycles. The van der Waals surface area contributed by atoms with Gasteiger partial charge >= 0.3 is 5.97 Å². The smallest absolute Gasteiger partial charge is 0.313 e. The zero-order chi connectivity index (χ0) is 10.4. The minimum atomic E-state index is -0.435. The fourth-order valence-corrected chi connectivity index (χ4v) is 1.59. The summed E-state index contributed by atoms with van der Waals surface area (Å²) >= 11 is 0. The van der Waals surface area contributed by atoms with E-state index >= 15 is 0 Å². The maximum Gasteiger partial charge on any atom is 0.313 e. The molecule has 14 heavy (non-hydrogen) atoms. The Morgan fingerprint density at radius 1 is 1.50 bits per heavy atom. The lowest BCUT2D eigenvalue weighted by Crippen LogP contribution is -2.09. The van der Waals surface area contributed by atoms with Crippen molar-refractivity contribution in [1.29, 1.82) is 0 Å². The van der Waals surface area contributed by atoms with E-state index in [-0.39, 0.29) is 12.2 Å². The van der Waals surface area contributed by atoms with Crippen LogP contribution in [0.3, 0.4) is 0 Å². The number of hydrogen-bond acceptors (Lipinski definition) is 3. The first-order chi connectivity index (χ1) is 6.72. The summed E-state index contributed by atoms with van der Waals surface area (Å²) in [5.41, 5.74) is 1.36. The number of methoxy groups -OCH3 is 1. The van der Waals surface area contributed by atoms with Crippen LogP contribution in [0.1, 0.15) is 38.5 Å². The molecule has 3 nitrogen and oxygen atoms in total. The first-order valence-electron chi connectivity index (χ1n) is 4.99. The molecule has 0 radical (unpaired) electrons. The average molecular weight is 196 g/mol. The molecule has 0 spiro atoms. The monoisotopic (exact) mass is 196 g/mol. The van der Waals surface area contributed by atoms with Crippen molar-refractivity contribution in [2.45, 2.75) is 38.5 Å². The second-order valence-electron chi connectivity index (χ2n) is 3.55. The van der Waals surface area contributed by atoms with Gasteiger partial charge in [-0.05, 0) is 25.7 Å². The van der Waals surface area contributed by atoms with Crippen molar-refractivity contribution in [3.8, 4) is 0 Å². The zero-order valence-corrected chi connectivity index (χ0v) is 8.54. The van der Waals surface area contributed by atoms with Crippen LogP contribution >= 0.6 is 0 Å². The molecule has 0 aliphatic heterocycles. The third-order valence-corrected chi connectivity index (χ3v) is 2.43. The standard InChI is InChI=1S/C11H16O3/c1-14-11(13)8-10(12)7-6-9-4-2-3-5-9/h4H,2-3,5-8H2,1H3. The number of Topliss-reactive ketones (excluding diaryl/α,β-unsaturated/α-hetero) is 1. The normalized spacial score (nSPS) is 15.1. The van der Waals surface area contributed by atoms with Gasteiger partial charge in [0.15, 0.2) is 0 Å². The number of ether oxygens (including phenoxy) is 1. The van der Waals surface area contributed by atoms with Gasteiger partial charge < -0.3 is 4.74 Å². The van der Waals surface area contributed by atoms with Gasteiger partial charge in [0.25, 0.3) is 0 Å². The summed E-state index contributed by atoms with van der Waals surface area (Å²) in [5, 5.41) is 0. The van der Waals surface area contributed by atoms with Gasteiger partial charge in [-0.3, -0.25) is 9.59 Å². The van der Waals surface area contributed by atoms with Crippen LogP contribution in [0.5, 0.6) is 0 Å². The van der Waals surface area contributed by atoms with Gasteiger partial charge in [0.2, 0.25) is 0 Å². The van der Waals surface area contributed by atoms with Crippen LogP contribution in [0.2, 0.25) is 0 Å². The highest BCUT2D eigenvalue weighted by molar-refractivity contribution is 5.95. The van der Waals surface area contributed by atoms with Gasteiger partial charge in [0.05, 0.1) is 7.11 Å². The summed E-state index contributed by atoms with van der Waals surface area (Å²) in [4.78, 5) is 22.0. The molecule has 0 bridgehead atoms. The van der Waals surface area contributed by atoms with Gasteiger partial charge in [-0.1, -0.05) is 11.6 Å². The number of carbonyl (C=O) groups excluding carboxylic acids is 2. The third kappa shape index (κ3) is 3.73. The fourth-order valence-electron chi connectivity index (χ4n) is 1.59. The SMILES string of the molecule is COC(=O)CC(=O)CCC1=CCCC1. The van der Waals surface area contributed by atoms with Crippen molar-refractivity contribution in [3.63, 3.8) is 0 Å². The van der Waals surface area contributed by atoms with E-state index in [0.717, 1.165) is 19.3 Å². The van der Waals surface area contributed by atoms with E-state index in [9.17, 15) is 9.59 Å². The summed E-state index contributed by atoms with van der Waals surface area (Å²) in [7, 11) is 1.30. The van der Waals surface area contributed by atoms with Crippen LogP contribution in [-0.2, 0) is 14.3 Å². The number of hydrogen-bond donors (Lipinski definition) is 0. The summed E-state index contributed by atoms with van der Waals surface area (Å²) in [6.45, 7) is 0. The Morgan fingerprint density at radius 3 is 2.86 bits per heavy atom. The lowest BCUT2D eigenvalue weighted by Gasteiger charge is -2.00. The van der Waals surface area contributed by atoms with Crippen molar-refractivity contribution < 1.29 is 14.3 Å². The molecule has 0 aromatic carbocycles. The molecular formula is C11H16O3. The Kier molecular flexibility index (Phi) is 4.36. The highest BCUT2D eigenvalue weighted by Crippen LogP contribution is 2.21. The molecule has 0 fully saturated rings. The van der Waals surface area contributed by atoms with Crippen LogP contribution in [0.15, 0.2) is 11.6 Å². The van der Waals surface area contributed by atoms with Crippen molar-refractivity contribution >= 4 is 11.8 Å². The van der Waals surface area contributed by atoms with Crippen LogP contribution in [-0.4, -0.2) is 18.9 Å². The van der Waals surface area contributed by atoms with E-state index in [1.807, 2.05) is 0 Å². The van der Waals surface area contributed by atoms with Crippen LogP contribution in [0.4, 0.5) is 0 Å². The molecule has 0 N–H and O–H groups in total. The Hall–Kier alpha value is -1.12. The number of carbonyl (C=O) groups is 2. The van der Waals surface area contributed by atoms with E-state index in [4.69, 9.17) is 0 Å². The second-order valence-corrected chi connectivity index (χ2v) is 3.55. The number of esters is 1. The fraction of sp³-hybridized carbons (Fsp3) is 0.636.